The zero-order valence-corrected chi connectivity index (χ0v) is 11.5. The van der Waals surface area contributed by atoms with Crippen molar-refractivity contribution >= 4 is 17.4 Å². The topological polar surface area (TPSA) is 88.2 Å². The molecule has 1 atom stereocenters. The van der Waals surface area contributed by atoms with Crippen molar-refractivity contribution in [2.75, 3.05) is 18.1 Å². The Kier molecular flexibility index (Phi) is 4.45. The average Bonchev–Trinajstić information content (AvgIpc) is 2.69. The Balaban J connectivity index is 2.34. The standard InChI is InChI=1S/C14H19N3O3/c1-2-10(13(15)16-19)14(18)17-8-5-9-20-12-7-4-3-6-11(12)17/h3-4,6-7,10,19H,2,5,8-9H2,1H3,(H2,15,16). The molecule has 1 aliphatic heterocycles. The number of carbonyl (C=O) groups is 1. The number of amidine groups is 1. The van der Waals surface area contributed by atoms with Gasteiger partial charge in [-0.1, -0.05) is 24.2 Å². The molecule has 0 bridgehead atoms. The van der Waals surface area contributed by atoms with Crippen molar-refractivity contribution in [1.29, 1.82) is 0 Å². The number of benzene rings is 1. The molecule has 2 rings (SSSR count). The van der Waals surface area contributed by atoms with E-state index < -0.39 is 5.92 Å². The second-order valence-corrected chi connectivity index (χ2v) is 4.65. The van der Waals surface area contributed by atoms with Crippen LogP contribution in [0.2, 0.25) is 0 Å². The molecule has 1 aliphatic rings. The van der Waals surface area contributed by atoms with Crippen LogP contribution in [0.25, 0.3) is 0 Å². The van der Waals surface area contributed by atoms with Crippen LogP contribution in [-0.4, -0.2) is 30.1 Å². The number of hydrogen-bond donors (Lipinski definition) is 2. The van der Waals surface area contributed by atoms with Crippen molar-refractivity contribution in [3.63, 3.8) is 0 Å². The minimum atomic E-state index is -0.619. The van der Waals surface area contributed by atoms with E-state index in [2.05, 4.69) is 5.16 Å². The molecule has 0 aromatic heterocycles. The summed E-state index contributed by atoms with van der Waals surface area (Å²) in [6.07, 6.45) is 1.22. The van der Waals surface area contributed by atoms with Gasteiger partial charge in [-0.25, -0.2) is 0 Å². The first kappa shape index (κ1) is 14.2. The van der Waals surface area contributed by atoms with Crippen LogP contribution in [-0.2, 0) is 4.79 Å². The summed E-state index contributed by atoms with van der Waals surface area (Å²) in [6.45, 7) is 2.97. The van der Waals surface area contributed by atoms with Gasteiger partial charge in [-0.3, -0.25) is 4.79 Å². The Morgan fingerprint density at radius 2 is 2.30 bits per heavy atom. The molecular weight excluding hydrogens is 258 g/mol. The average molecular weight is 277 g/mol. The molecule has 1 heterocycles. The van der Waals surface area contributed by atoms with Crippen LogP contribution in [0.5, 0.6) is 5.75 Å². The molecular formula is C14H19N3O3. The molecule has 1 aromatic carbocycles. The van der Waals surface area contributed by atoms with Gasteiger partial charge in [-0.2, -0.15) is 0 Å². The quantitative estimate of drug-likeness (QED) is 0.380. The smallest absolute Gasteiger partial charge is 0.237 e. The van der Waals surface area contributed by atoms with E-state index in [9.17, 15) is 4.79 Å². The molecule has 20 heavy (non-hydrogen) atoms. The van der Waals surface area contributed by atoms with Gasteiger partial charge in [-0.15, -0.1) is 0 Å². The largest absolute Gasteiger partial charge is 0.491 e. The Bertz CT molecular complexity index is 516. The summed E-state index contributed by atoms with van der Waals surface area (Å²) in [7, 11) is 0. The number of fused-ring (bicyclic) bond motifs is 1. The summed E-state index contributed by atoms with van der Waals surface area (Å²) in [5.74, 6) is -0.153. The molecule has 0 saturated heterocycles. The predicted molar refractivity (Wildman–Crippen MR) is 76.1 cm³/mol. The van der Waals surface area contributed by atoms with E-state index in [0.717, 1.165) is 12.1 Å². The highest BCUT2D eigenvalue weighted by atomic mass is 16.5. The van der Waals surface area contributed by atoms with Crippen molar-refractivity contribution < 1.29 is 14.7 Å². The first-order chi connectivity index (χ1) is 9.69. The van der Waals surface area contributed by atoms with Gasteiger partial charge < -0.3 is 20.6 Å². The van der Waals surface area contributed by atoms with E-state index >= 15 is 0 Å². The van der Waals surface area contributed by atoms with Crippen LogP contribution in [0.1, 0.15) is 19.8 Å². The zero-order chi connectivity index (χ0) is 14.5. The third-order valence-electron chi connectivity index (χ3n) is 3.38. The number of para-hydroxylation sites is 2. The van der Waals surface area contributed by atoms with Gasteiger partial charge >= 0.3 is 0 Å². The van der Waals surface area contributed by atoms with Gasteiger partial charge in [0.2, 0.25) is 5.91 Å². The molecule has 6 heteroatoms. The highest BCUT2D eigenvalue weighted by Crippen LogP contribution is 2.31. The number of rotatable bonds is 3. The number of anilines is 1. The van der Waals surface area contributed by atoms with E-state index in [1.54, 1.807) is 4.90 Å². The Labute approximate surface area is 117 Å². The Hall–Kier alpha value is -2.24. The monoisotopic (exact) mass is 277 g/mol. The lowest BCUT2D eigenvalue weighted by atomic mass is 10.0. The summed E-state index contributed by atoms with van der Waals surface area (Å²) in [4.78, 5) is 14.3. The van der Waals surface area contributed by atoms with Gasteiger partial charge in [0, 0.05) is 6.54 Å². The normalized spacial score (nSPS) is 16.9. The Morgan fingerprint density at radius 1 is 1.55 bits per heavy atom. The molecule has 0 spiro atoms. The van der Waals surface area contributed by atoms with Crippen molar-refractivity contribution in [2.45, 2.75) is 19.8 Å². The fourth-order valence-corrected chi connectivity index (χ4v) is 2.32. The molecule has 0 aliphatic carbocycles. The van der Waals surface area contributed by atoms with Gasteiger partial charge in [0.05, 0.1) is 18.2 Å². The summed E-state index contributed by atoms with van der Waals surface area (Å²) in [6, 6.07) is 7.41. The van der Waals surface area contributed by atoms with Crippen LogP contribution in [0, 0.1) is 5.92 Å². The maximum Gasteiger partial charge on any atom is 0.237 e. The maximum absolute atomic E-state index is 12.6. The lowest BCUT2D eigenvalue weighted by Crippen LogP contribution is -2.42. The van der Waals surface area contributed by atoms with E-state index in [1.165, 1.54) is 0 Å². The van der Waals surface area contributed by atoms with Crippen LogP contribution in [0.15, 0.2) is 29.4 Å². The minimum absolute atomic E-state index is 0.0554. The van der Waals surface area contributed by atoms with Crippen molar-refractivity contribution in [3.8, 4) is 5.75 Å². The fraction of sp³-hybridized carbons (Fsp3) is 0.429. The van der Waals surface area contributed by atoms with E-state index in [0.29, 0.717) is 25.3 Å². The van der Waals surface area contributed by atoms with E-state index in [-0.39, 0.29) is 11.7 Å². The maximum atomic E-state index is 12.6. The van der Waals surface area contributed by atoms with Crippen LogP contribution in [0.4, 0.5) is 5.69 Å². The third-order valence-corrected chi connectivity index (χ3v) is 3.38. The highest BCUT2D eigenvalue weighted by Gasteiger charge is 2.29. The van der Waals surface area contributed by atoms with Crippen LogP contribution in [0.3, 0.4) is 0 Å². The number of amides is 1. The molecule has 0 radical (unpaired) electrons. The van der Waals surface area contributed by atoms with E-state index in [4.69, 9.17) is 15.7 Å². The van der Waals surface area contributed by atoms with E-state index in [1.807, 2.05) is 31.2 Å². The number of ether oxygens (including phenoxy) is 1. The molecule has 1 unspecified atom stereocenters. The van der Waals surface area contributed by atoms with Crippen molar-refractivity contribution in [2.24, 2.45) is 16.8 Å². The van der Waals surface area contributed by atoms with Gasteiger partial charge in [-0.05, 0) is 25.0 Å². The van der Waals surface area contributed by atoms with Gasteiger partial charge in [0.25, 0.3) is 0 Å². The fourth-order valence-electron chi connectivity index (χ4n) is 2.32. The number of nitrogens with two attached hydrogens (primary N) is 1. The van der Waals surface area contributed by atoms with Crippen LogP contribution < -0.4 is 15.4 Å². The summed E-state index contributed by atoms with van der Waals surface area (Å²) in [5, 5.41) is 11.8. The lowest BCUT2D eigenvalue weighted by molar-refractivity contribution is -0.120. The summed E-state index contributed by atoms with van der Waals surface area (Å²) < 4.78 is 5.62. The first-order valence-corrected chi connectivity index (χ1v) is 6.69. The first-order valence-electron chi connectivity index (χ1n) is 6.69. The molecule has 3 N–H and O–H groups in total. The zero-order valence-electron chi connectivity index (χ0n) is 11.5. The SMILES string of the molecule is CCC(C(=O)N1CCCOc2ccccc21)/C(N)=N/O. The second-order valence-electron chi connectivity index (χ2n) is 4.65. The number of carbonyl (C=O) groups excluding carboxylic acids is 1. The molecule has 0 saturated carbocycles. The lowest BCUT2D eigenvalue weighted by Gasteiger charge is -2.25. The van der Waals surface area contributed by atoms with Crippen molar-refractivity contribution in [3.05, 3.63) is 24.3 Å². The van der Waals surface area contributed by atoms with Gasteiger partial charge in [0.15, 0.2) is 5.84 Å². The Morgan fingerprint density at radius 3 is 3.00 bits per heavy atom. The third kappa shape index (κ3) is 2.68. The highest BCUT2D eigenvalue weighted by molar-refractivity contribution is 6.09. The second kappa shape index (κ2) is 6.27. The predicted octanol–water partition coefficient (Wildman–Crippen LogP) is 1.57. The number of hydrogen-bond acceptors (Lipinski definition) is 4. The summed E-state index contributed by atoms with van der Waals surface area (Å²) in [5.41, 5.74) is 6.35. The molecule has 108 valence electrons. The molecule has 1 amide bonds. The van der Waals surface area contributed by atoms with Crippen molar-refractivity contribution in [1.82, 2.24) is 0 Å². The number of nitrogens with zero attached hydrogens (tertiary/aromatic N) is 2. The van der Waals surface area contributed by atoms with Gasteiger partial charge in [0.1, 0.15) is 5.75 Å². The summed E-state index contributed by atoms with van der Waals surface area (Å²) >= 11 is 0. The minimum Gasteiger partial charge on any atom is -0.491 e. The molecule has 1 aromatic rings. The molecule has 6 nitrogen and oxygen atoms in total. The van der Waals surface area contributed by atoms with Crippen LogP contribution >= 0.6 is 0 Å². The number of oxime groups is 1. The molecule has 0 fully saturated rings.